The molecular weight excluding hydrogens is 398 g/mol. The topological polar surface area (TPSA) is 98.2 Å². The Kier molecular flexibility index (Phi) is 7.48. The maximum atomic E-state index is 12.6. The van der Waals surface area contributed by atoms with Gasteiger partial charge < -0.3 is 14.2 Å². The van der Waals surface area contributed by atoms with E-state index < -0.39 is 6.04 Å². The van der Waals surface area contributed by atoms with E-state index in [0.29, 0.717) is 35.0 Å². The number of hydrogen-bond donors (Lipinski definition) is 2. The Bertz CT molecular complexity index is 956. The van der Waals surface area contributed by atoms with Crippen LogP contribution in [0.5, 0.6) is 17.2 Å². The minimum absolute atomic E-state index is 0.0967. The number of rotatable bonds is 8. The highest BCUT2D eigenvalue weighted by molar-refractivity contribution is 6.10. The van der Waals surface area contributed by atoms with E-state index in [9.17, 15) is 9.59 Å². The second kappa shape index (κ2) is 10.5. The first-order valence-electron chi connectivity index (χ1n) is 10.2. The number of methoxy groups -OCH3 is 2. The smallest absolute Gasteiger partial charge is 0.257 e. The first-order chi connectivity index (χ1) is 15.0. The maximum Gasteiger partial charge on any atom is 0.257 e. The van der Waals surface area contributed by atoms with Gasteiger partial charge in [0.2, 0.25) is 11.9 Å². The van der Waals surface area contributed by atoms with Gasteiger partial charge in [-0.3, -0.25) is 20.2 Å². The first kappa shape index (κ1) is 22.1. The molecule has 0 saturated carbocycles. The Morgan fingerprint density at radius 1 is 1.13 bits per heavy atom. The Hall–Kier alpha value is -3.55. The van der Waals surface area contributed by atoms with Crippen molar-refractivity contribution < 1.29 is 23.8 Å². The number of carbonyl (C=O) groups excluding carboxylic acids is 2. The SMILES string of the molecule is CCCCOc1ccc(C(=O)NC2=N[C@@H](c3cc(OC)ccc3OC)CC(=O)N2)cc1. The summed E-state index contributed by atoms with van der Waals surface area (Å²) in [5.41, 5.74) is 1.14. The van der Waals surface area contributed by atoms with Crippen LogP contribution in [0, 0.1) is 0 Å². The Morgan fingerprint density at radius 2 is 1.87 bits per heavy atom. The van der Waals surface area contributed by atoms with Crippen LogP contribution in [0.1, 0.15) is 48.1 Å². The van der Waals surface area contributed by atoms with Gasteiger partial charge in [0.25, 0.3) is 5.91 Å². The molecule has 0 unspecified atom stereocenters. The van der Waals surface area contributed by atoms with Crippen LogP contribution in [0.3, 0.4) is 0 Å². The van der Waals surface area contributed by atoms with Gasteiger partial charge in [0.05, 0.1) is 33.3 Å². The van der Waals surface area contributed by atoms with Crippen LogP contribution in [-0.4, -0.2) is 38.6 Å². The van der Waals surface area contributed by atoms with Gasteiger partial charge in [-0.25, -0.2) is 4.99 Å². The molecule has 2 amide bonds. The number of amides is 2. The molecule has 31 heavy (non-hydrogen) atoms. The number of unbranched alkanes of at least 4 members (excludes halogenated alkanes) is 1. The third-order valence-electron chi connectivity index (χ3n) is 4.83. The summed E-state index contributed by atoms with van der Waals surface area (Å²) in [6.45, 7) is 2.73. The van der Waals surface area contributed by atoms with E-state index in [0.717, 1.165) is 12.8 Å². The quantitative estimate of drug-likeness (QED) is 0.633. The van der Waals surface area contributed by atoms with Crippen molar-refractivity contribution in [2.45, 2.75) is 32.2 Å². The Morgan fingerprint density at radius 3 is 2.55 bits per heavy atom. The van der Waals surface area contributed by atoms with Gasteiger partial charge in [0, 0.05) is 11.1 Å². The fraction of sp³-hybridized carbons (Fsp3) is 0.348. The molecule has 0 fully saturated rings. The lowest BCUT2D eigenvalue weighted by Gasteiger charge is -2.23. The number of nitrogens with zero attached hydrogens (tertiary/aromatic N) is 1. The molecule has 164 valence electrons. The summed E-state index contributed by atoms with van der Waals surface area (Å²) in [5, 5.41) is 5.28. The molecule has 0 aliphatic carbocycles. The number of ether oxygens (including phenoxy) is 3. The summed E-state index contributed by atoms with van der Waals surface area (Å²) in [7, 11) is 3.12. The zero-order chi connectivity index (χ0) is 22.2. The highest BCUT2D eigenvalue weighted by Crippen LogP contribution is 2.34. The second-order valence-electron chi connectivity index (χ2n) is 7.03. The van der Waals surface area contributed by atoms with Gasteiger partial charge in [-0.15, -0.1) is 0 Å². The number of benzene rings is 2. The molecule has 8 heteroatoms. The number of guanidine groups is 1. The van der Waals surface area contributed by atoms with Crippen LogP contribution in [0.2, 0.25) is 0 Å². The van der Waals surface area contributed by atoms with Crippen molar-refractivity contribution in [3.8, 4) is 17.2 Å². The van der Waals surface area contributed by atoms with Crippen LogP contribution >= 0.6 is 0 Å². The first-order valence-corrected chi connectivity index (χ1v) is 10.2. The van der Waals surface area contributed by atoms with Gasteiger partial charge >= 0.3 is 0 Å². The van der Waals surface area contributed by atoms with Gasteiger partial charge in [-0.2, -0.15) is 0 Å². The second-order valence-corrected chi connectivity index (χ2v) is 7.03. The summed E-state index contributed by atoms with van der Waals surface area (Å²) in [6.07, 6.45) is 2.16. The average molecular weight is 425 g/mol. The Labute approximate surface area is 181 Å². The largest absolute Gasteiger partial charge is 0.497 e. The predicted molar refractivity (Wildman–Crippen MR) is 117 cm³/mol. The normalized spacial score (nSPS) is 15.5. The van der Waals surface area contributed by atoms with E-state index in [-0.39, 0.29) is 24.2 Å². The molecule has 3 rings (SSSR count). The van der Waals surface area contributed by atoms with Crippen molar-refractivity contribution >= 4 is 17.8 Å². The minimum Gasteiger partial charge on any atom is -0.497 e. The molecule has 0 spiro atoms. The standard InChI is InChI=1S/C23H27N3O5/c1-4-5-12-31-16-8-6-15(7-9-16)22(28)26-23-24-19(14-21(27)25-23)18-13-17(29-2)10-11-20(18)30-3/h6-11,13,19H,4-5,12,14H2,1-3H3,(H2,24,25,26,27,28)/t19-/m1/s1. The van der Waals surface area contributed by atoms with Gasteiger partial charge in [-0.1, -0.05) is 13.3 Å². The molecule has 2 N–H and O–H groups in total. The lowest BCUT2D eigenvalue weighted by molar-refractivity contribution is -0.120. The van der Waals surface area contributed by atoms with Crippen LogP contribution in [0.4, 0.5) is 0 Å². The average Bonchev–Trinajstić information content (AvgIpc) is 2.78. The fourth-order valence-corrected chi connectivity index (χ4v) is 3.15. The van der Waals surface area contributed by atoms with Crippen LogP contribution < -0.4 is 24.8 Å². The third kappa shape index (κ3) is 5.75. The number of hydrogen-bond acceptors (Lipinski definition) is 6. The highest BCUT2D eigenvalue weighted by atomic mass is 16.5. The van der Waals surface area contributed by atoms with Gasteiger partial charge in [0.15, 0.2) is 0 Å². The fourth-order valence-electron chi connectivity index (χ4n) is 3.15. The highest BCUT2D eigenvalue weighted by Gasteiger charge is 2.26. The van der Waals surface area contributed by atoms with Crippen LogP contribution in [0.25, 0.3) is 0 Å². The molecule has 1 atom stereocenters. The third-order valence-corrected chi connectivity index (χ3v) is 4.83. The molecule has 0 saturated heterocycles. The van der Waals surface area contributed by atoms with Crippen molar-refractivity contribution in [3.05, 3.63) is 53.6 Å². The summed E-state index contributed by atoms with van der Waals surface area (Å²) >= 11 is 0. The summed E-state index contributed by atoms with van der Waals surface area (Å²) in [4.78, 5) is 29.4. The van der Waals surface area contributed by atoms with E-state index in [4.69, 9.17) is 14.2 Å². The van der Waals surface area contributed by atoms with Crippen molar-refractivity contribution in [1.29, 1.82) is 0 Å². The van der Waals surface area contributed by atoms with E-state index in [2.05, 4.69) is 22.5 Å². The molecule has 1 aliphatic heterocycles. The summed E-state index contributed by atoms with van der Waals surface area (Å²) < 4.78 is 16.3. The zero-order valence-electron chi connectivity index (χ0n) is 17.9. The lowest BCUT2D eigenvalue weighted by atomic mass is 10.0. The molecule has 2 aromatic carbocycles. The monoisotopic (exact) mass is 425 g/mol. The Balaban J connectivity index is 1.74. The van der Waals surface area contributed by atoms with Crippen molar-refractivity contribution in [3.63, 3.8) is 0 Å². The van der Waals surface area contributed by atoms with Crippen molar-refractivity contribution in [2.24, 2.45) is 4.99 Å². The molecule has 1 heterocycles. The predicted octanol–water partition coefficient (Wildman–Crippen LogP) is 3.23. The van der Waals surface area contributed by atoms with Crippen molar-refractivity contribution in [2.75, 3.05) is 20.8 Å². The number of carbonyl (C=O) groups is 2. The van der Waals surface area contributed by atoms with Crippen LogP contribution in [-0.2, 0) is 4.79 Å². The molecule has 2 aromatic rings. The van der Waals surface area contributed by atoms with Gasteiger partial charge in [-0.05, 0) is 48.9 Å². The minimum atomic E-state index is -0.511. The number of nitrogens with one attached hydrogen (secondary N) is 2. The molecule has 8 nitrogen and oxygen atoms in total. The maximum absolute atomic E-state index is 12.6. The molecule has 0 bridgehead atoms. The molecule has 1 aliphatic rings. The van der Waals surface area contributed by atoms with Gasteiger partial charge in [0.1, 0.15) is 17.2 Å². The van der Waals surface area contributed by atoms with E-state index in [1.165, 1.54) is 0 Å². The van der Waals surface area contributed by atoms with E-state index >= 15 is 0 Å². The zero-order valence-corrected chi connectivity index (χ0v) is 17.9. The van der Waals surface area contributed by atoms with Crippen molar-refractivity contribution in [1.82, 2.24) is 10.6 Å². The van der Waals surface area contributed by atoms with E-state index in [1.807, 2.05) is 0 Å². The summed E-state index contributed by atoms with van der Waals surface area (Å²) in [5.74, 6) is 1.40. The van der Waals surface area contributed by atoms with E-state index in [1.54, 1.807) is 56.7 Å². The number of aliphatic imine (C=N–C) groups is 1. The van der Waals surface area contributed by atoms with Crippen LogP contribution in [0.15, 0.2) is 47.5 Å². The molecule has 0 radical (unpaired) electrons. The molecule has 0 aromatic heterocycles. The summed E-state index contributed by atoms with van der Waals surface area (Å²) in [6, 6.07) is 11.6. The molecular formula is C23H27N3O5. The lowest BCUT2D eigenvalue weighted by Crippen LogP contribution is -2.47.